The summed E-state index contributed by atoms with van der Waals surface area (Å²) < 4.78 is 42.1. The SMILES string of the molecule is COCCOCCOCCN(C[C@H](C)SSCCCC(=O)ON1C(=O)CCC1=O)c1cc(COc2cc3c(cc2OC)C(=O)N2c4ccccc4C[C@H]2CN3)cc(COc2cc3c(cc2OC)C(=O)N2c4ccccc4C[C@H]2CN3)c1. The number of carbonyl (C=O) groups is 5. The molecule has 1 fully saturated rings. The number of nitrogens with one attached hydrogen (secondary N) is 2. The Kier molecular flexibility index (Phi) is 18.8. The van der Waals surface area contributed by atoms with Crippen LogP contribution in [0.1, 0.15) is 75.6 Å². The Labute approximate surface area is 479 Å². The minimum absolute atomic E-state index is 0.0398. The number of hydroxylamine groups is 2. The van der Waals surface area contributed by atoms with Gasteiger partial charge in [-0.2, -0.15) is 0 Å². The van der Waals surface area contributed by atoms with Crippen LogP contribution in [0, 0.1) is 0 Å². The number of nitrogens with zero attached hydrogens (tertiary/aromatic N) is 4. The molecule has 4 amide bonds. The van der Waals surface area contributed by atoms with E-state index in [4.69, 9.17) is 38.0 Å². The number of fused-ring (bicyclic) bond motifs is 8. The maximum Gasteiger partial charge on any atom is 0.333 e. The molecular weight excluding hydrogens is 1080 g/mol. The maximum atomic E-state index is 14.3. The summed E-state index contributed by atoms with van der Waals surface area (Å²) in [5.41, 5.74) is 9.02. The lowest BCUT2D eigenvalue weighted by Gasteiger charge is -2.29. The van der Waals surface area contributed by atoms with Crippen molar-refractivity contribution in [2.24, 2.45) is 0 Å². The normalized spacial score (nSPS) is 17.2. The Balaban J connectivity index is 0.893. The Morgan fingerprint density at radius 2 is 1.20 bits per heavy atom. The van der Waals surface area contributed by atoms with Crippen LogP contribution in [-0.2, 0) is 59.5 Å². The van der Waals surface area contributed by atoms with Crippen molar-refractivity contribution in [1.29, 1.82) is 0 Å². The number of imide groups is 1. The maximum absolute atomic E-state index is 14.3. The zero-order valence-corrected chi connectivity index (χ0v) is 47.7. The third-order valence-electron chi connectivity index (χ3n) is 14.7. The summed E-state index contributed by atoms with van der Waals surface area (Å²) in [6.07, 6.45) is 2.16. The quantitative estimate of drug-likeness (QED) is 0.0288. The van der Waals surface area contributed by atoms with E-state index in [0.29, 0.717) is 122 Å². The zero-order chi connectivity index (χ0) is 56.4. The predicted octanol–water partition coefficient (Wildman–Crippen LogP) is 8.50. The monoisotopic (exact) mass is 1140 g/mol. The van der Waals surface area contributed by atoms with Gasteiger partial charge in [-0.25, -0.2) is 4.79 Å². The molecule has 5 aliphatic rings. The summed E-state index contributed by atoms with van der Waals surface area (Å²) in [5, 5.41) is 7.74. The highest BCUT2D eigenvalue weighted by Crippen LogP contribution is 2.43. The molecule has 81 heavy (non-hydrogen) atoms. The fourth-order valence-electron chi connectivity index (χ4n) is 10.8. The van der Waals surface area contributed by atoms with E-state index in [1.807, 2.05) is 64.4 Å². The number of ether oxygens (including phenoxy) is 7. The van der Waals surface area contributed by atoms with E-state index in [1.165, 1.54) is 0 Å². The lowest BCUT2D eigenvalue weighted by atomic mass is 10.1. The van der Waals surface area contributed by atoms with E-state index in [9.17, 15) is 24.0 Å². The molecule has 428 valence electrons. The molecule has 3 atom stereocenters. The molecule has 2 N–H and O–H groups in total. The first-order valence-corrected chi connectivity index (χ1v) is 29.8. The van der Waals surface area contributed by atoms with Crippen molar-refractivity contribution in [3.63, 3.8) is 0 Å². The zero-order valence-electron chi connectivity index (χ0n) is 46.0. The fraction of sp³-hybridized carbons (Fsp3) is 0.417. The van der Waals surface area contributed by atoms with Crippen molar-refractivity contribution in [2.75, 3.05) is 112 Å². The number of carbonyl (C=O) groups excluding carboxylic acids is 5. The molecule has 10 rings (SSSR count). The Hall–Kier alpha value is -7.17. The standard InChI is InChI=1S/C60H68N6O13S2/c1-38(81-80-23-9-14-58(69)79-66-56(67)15-16-57(66)68)35-63(17-18-75-21-22-76-20-19-72-2)43-25-39(36-77-54-31-48-46(29-52(54)73-3)59(70)64-44(33-61-48)27-41-10-5-7-12-50(41)64)24-40(26-43)37-78-55-32-49-47(30-53(55)74-4)60(71)65-45(34-62-49)28-42-11-6-8-13-51(42)65/h5-8,10-13,24-26,29-32,38,44-45,61-62H,9,14-23,27-28,33-37H2,1-4H3/t38-,44-,45-/m0/s1. The van der Waals surface area contributed by atoms with Crippen LogP contribution < -0.4 is 44.3 Å². The van der Waals surface area contributed by atoms with Crippen LogP contribution in [0.3, 0.4) is 0 Å². The third kappa shape index (κ3) is 13.3. The highest BCUT2D eigenvalue weighted by Gasteiger charge is 2.40. The minimum Gasteiger partial charge on any atom is -0.493 e. The van der Waals surface area contributed by atoms with Gasteiger partial charge >= 0.3 is 5.97 Å². The van der Waals surface area contributed by atoms with Crippen LogP contribution in [-0.4, -0.2) is 138 Å². The molecule has 5 aromatic rings. The molecule has 0 radical (unpaired) electrons. The van der Waals surface area contributed by atoms with Gasteiger partial charge in [0.05, 0.1) is 81.8 Å². The largest absolute Gasteiger partial charge is 0.493 e. The van der Waals surface area contributed by atoms with Crippen LogP contribution in [0.15, 0.2) is 91.0 Å². The first-order chi connectivity index (χ1) is 39.5. The summed E-state index contributed by atoms with van der Waals surface area (Å²) in [4.78, 5) is 76.1. The van der Waals surface area contributed by atoms with Crippen LogP contribution >= 0.6 is 21.6 Å². The van der Waals surface area contributed by atoms with Gasteiger partial charge < -0.3 is 63.3 Å². The summed E-state index contributed by atoms with van der Waals surface area (Å²) in [5.74, 6) is 0.587. The number of methoxy groups -OCH3 is 3. The molecule has 5 heterocycles. The Morgan fingerprint density at radius 1 is 0.667 bits per heavy atom. The molecule has 0 saturated carbocycles. The van der Waals surface area contributed by atoms with Gasteiger partial charge in [-0.15, -0.1) is 5.06 Å². The molecule has 21 heteroatoms. The molecule has 19 nitrogen and oxygen atoms in total. The molecule has 1 saturated heterocycles. The molecule has 0 spiro atoms. The topological polar surface area (TPSA) is 196 Å². The van der Waals surface area contributed by atoms with Crippen molar-refractivity contribution < 1.29 is 62.0 Å². The highest BCUT2D eigenvalue weighted by molar-refractivity contribution is 8.76. The third-order valence-corrected chi connectivity index (χ3v) is 17.7. The van der Waals surface area contributed by atoms with E-state index >= 15 is 0 Å². The van der Waals surface area contributed by atoms with E-state index < -0.39 is 17.8 Å². The van der Waals surface area contributed by atoms with Gasteiger partial charge in [0.1, 0.15) is 13.2 Å². The minimum atomic E-state index is -0.616. The second kappa shape index (κ2) is 26.6. The van der Waals surface area contributed by atoms with E-state index in [1.54, 1.807) is 55.0 Å². The first-order valence-electron chi connectivity index (χ1n) is 27.4. The first kappa shape index (κ1) is 57.1. The predicted molar refractivity (Wildman–Crippen MR) is 311 cm³/mol. The van der Waals surface area contributed by atoms with Gasteiger partial charge in [0.2, 0.25) is 0 Å². The van der Waals surface area contributed by atoms with Crippen LogP contribution in [0.2, 0.25) is 0 Å². The second-order valence-electron chi connectivity index (χ2n) is 20.3. The number of amides is 4. The van der Waals surface area contributed by atoms with Crippen molar-refractivity contribution >= 4 is 79.6 Å². The molecule has 0 unspecified atom stereocenters. The number of benzene rings is 5. The molecule has 5 aliphatic heterocycles. The average Bonchev–Trinajstić information content (AvgIpc) is 4.19. The van der Waals surface area contributed by atoms with Gasteiger partial charge in [-0.3, -0.25) is 19.2 Å². The van der Waals surface area contributed by atoms with Crippen molar-refractivity contribution in [1.82, 2.24) is 5.06 Å². The van der Waals surface area contributed by atoms with E-state index in [0.717, 1.165) is 52.2 Å². The number of para-hydroxylation sites is 2. The Morgan fingerprint density at radius 3 is 1.74 bits per heavy atom. The Bertz CT molecular complexity index is 2960. The molecule has 0 aromatic heterocycles. The lowest BCUT2D eigenvalue weighted by molar-refractivity contribution is -0.197. The van der Waals surface area contributed by atoms with Gasteiger partial charge in [0.15, 0.2) is 23.0 Å². The fourth-order valence-corrected chi connectivity index (χ4v) is 13.1. The smallest absolute Gasteiger partial charge is 0.333 e. The number of anilines is 5. The summed E-state index contributed by atoms with van der Waals surface area (Å²) in [6.45, 7) is 6.86. The molecule has 5 aromatic carbocycles. The second-order valence-corrected chi connectivity index (χ2v) is 23.2. The van der Waals surface area contributed by atoms with Crippen molar-refractivity contribution in [2.45, 2.75) is 76.0 Å². The summed E-state index contributed by atoms with van der Waals surface area (Å²) in [6, 6.07) is 29.4. The van der Waals surface area contributed by atoms with Gasteiger partial charge in [-0.05, 0) is 84.0 Å². The number of rotatable bonds is 27. The summed E-state index contributed by atoms with van der Waals surface area (Å²) in [7, 11) is 8.09. The lowest BCUT2D eigenvalue weighted by Crippen LogP contribution is -2.39. The number of hydrogen-bond donors (Lipinski definition) is 2. The molecule has 0 aliphatic carbocycles. The van der Waals surface area contributed by atoms with Gasteiger partial charge in [0, 0.05) is 92.7 Å². The number of hydrogen-bond acceptors (Lipinski definition) is 18. The molecular formula is C60H68N6O13S2. The summed E-state index contributed by atoms with van der Waals surface area (Å²) >= 11 is 0. The van der Waals surface area contributed by atoms with Crippen molar-refractivity contribution in [3.05, 3.63) is 124 Å². The van der Waals surface area contributed by atoms with E-state index in [2.05, 4.69) is 46.7 Å². The van der Waals surface area contributed by atoms with Gasteiger partial charge in [-0.1, -0.05) is 64.9 Å². The average molecular weight is 1150 g/mol. The van der Waals surface area contributed by atoms with Crippen LogP contribution in [0.25, 0.3) is 0 Å². The van der Waals surface area contributed by atoms with Crippen LogP contribution in [0.5, 0.6) is 23.0 Å². The van der Waals surface area contributed by atoms with Gasteiger partial charge in [0.25, 0.3) is 23.6 Å². The molecule has 0 bridgehead atoms. The highest BCUT2D eigenvalue weighted by atomic mass is 33.1. The van der Waals surface area contributed by atoms with Crippen LogP contribution in [0.4, 0.5) is 28.4 Å². The van der Waals surface area contributed by atoms with Crippen molar-refractivity contribution in [3.8, 4) is 23.0 Å². The van der Waals surface area contributed by atoms with E-state index in [-0.39, 0.29) is 61.6 Å².